The number of rotatable bonds is 3. The number of carbonyl (C=O) groups is 1. The van der Waals surface area contributed by atoms with Gasteiger partial charge in [0.2, 0.25) is 5.60 Å². The van der Waals surface area contributed by atoms with Crippen LogP contribution < -0.4 is 0 Å². The number of ether oxygens (including phenoxy) is 2. The molecule has 0 aromatic heterocycles. The third-order valence-electron chi connectivity index (χ3n) is 2.23. The molecule has 1 aliphatic heterocycles. The van der Waals surface area contributed by atoms with Gasteiger partial charge in [-0.05, 0) is 13.0 Å². The Hall–Kier alpha value is -1.09. The summed E-state index contributed by atoms with van der Waals surface area (Å²) in [6.07, 6.45) is 3.02. The number of epoxide rings is 1. The van der Waals surface area contributed by atoms with E-state index in [1.54, 1.807) is 13.0 Å². The molecule has 0 amide bonds. The highest BCUT2D eigenvalue weighted by Crippen LogP contribution is 2.50. The van der Waals surface area contributed by atoms with Crippen LogP contribution in [0.5, 0.6) is 0 Å². The maximum Gasteiger partial charge on any atom is 0.345 e. The second-order valence-electron chi connectivity index (χ2n) is 2.84. The standard InChI is InChI=1S/C9H12O3/c1-5-8(3)9(6-2,12-8)7(10)11-4/h5-6H,1-2H2,3-4H3/t8-,9-/m0/s1. The number of hydrogen-bond acceptors (Lipinski definition) is 3. The highest BCUT2D eigenvalue weighted by atomic mass is 16.7. The Bertz CT molecular complexity index is 246. The van der Waals surface area contributed by atoms with Crippen LogP contribution in [0.2, 0.25) is 0 Å². The fraction of sp³-hybridized carbons (Fsp3) is 0.444. The third kappa shape index (κ3) is 0.830. The Kier molecular flexibility index (Phi) is 1.84. The zero-order valence-electron chi connectivity index (χ0n) is 7.29. The van der Waals surface area contributed by atoms with E-state index in [1.807, 2.05) is 0 Å². The third-order valence-corrected chi connectivity index (χ3v) is 2.23. The fourth-order valence-electron chi connectivity index (χ4n) is 1.23. The second-order valence-corrected chi connectivity index (χ2v) is 2.84. The molecule has 0 aromatic rings. The van der Waals surface area contributed by atoms with Crippen LogP contribution in [0.1, 0.15) is 6.92 Å². The van der Waals surface area contributed by atoms with E-state index in [1.165, 1.54) is 13.2 Å². The predicted molar refractivity (Wildman–Crippen MR) is 44.6 cm³/mol. The van der Waals surface area contributed by atoms with Gasteiger partial charge in [0.1, 0.15) is 5.60 Å². The van der Waals surface area contributed by atoms with Crippen LogP contribution in [-0.4, -0.2) is 24.3 Å². The molecule has 3 heteroatoms. The minimum Gasteiger partial charge on any atom is -0.467 e. The molecule has 1 saturated heterocycles. The van der Waals surface area contributed by atoms with Crippen LogP contribution in [0, 0.1) is 0 Å². The molecule has 3 nitrogen and oxygen atoms in total. The second kappa shape index (κ2) is 2.45. The molecule has 0 aliphatic carbocycles. The van der Waals surface area contributed by atoms with Crippen molar-refractivity contribution in [1.82, 2.24) is 0 Å². The van der Waals surface area contributed by atoms with Gasteiger partial charge in [0, 0.05) is 0 Å². The molecule has 1 heterocycles. The molecule has 1 aliphatic rings. The molecule has 0 radical (unpaired) electrons. The Morgan fingerprint density at radius 1 is 1.50 bits per heavy atom. The van der Waals surface area contributed by atoms with E-state index in [2.05, 4.69) is 17.9 Å². The monoisotopic (exact) mass is 168 g/mol. The van der Waals surface area contributed by atoms with Crippen molar-refractivity contribution in [1.29, 1.82) is 0 Å². The van der Waals surface area contributed by atoms with Crippen molar-refractivity contribution < 1.29 is 14.3 Å². The lowest BCUT2D eigenvalue weighted by atomic mass is 9.94. The van der Waals surface area contributed by atoms with Crippen LogP contribution in [0.3, 0.4) is 0 Å². The van der Waals surface area contributed by atoms with Crippen LogP contribution in [0.25, 0.3) is 0 Å². The van der Waals surface area contributed by atoms with Gasteiger partial charge in [0.05, 0.1) is 7.11 Å². The molecule has 1 fully saturated rings. The average molecular weight is 168 g/mol. The molecular formula is C9H12O3. The van der Waals surface area contributed by atoms with Crippen molar-refractivity contribution in [3.8, 4) is 0 Å². The normalized spacial score (nSPS) is 38.5. The van der Waals surface area contributed by atoms with Gasteiger partial charge in [-0.2, -0.15) is 0 Å². The summed E-state index contributed by atoms with van der Waals surface area (Å²) < 4.78 is 9.82. The Balaban J connectivity index is 2.91. The fourth-order valence-corrected chi connectivity index (χ4v) is 1.23. The van der Waals surface area contributed by atoms with Crippen molar-refractivity contribution in [2.75, 3.05) is 7.11 Å². The number of methoxy groups -OCH3 is 1. The van der Waals surface area contributed by atoms with Gasteiger partial charge in [-0.25, -0.2) is 4.79 Å². The topological polar surface area (TPSA) is 38.8 Å². The van der Waals surface area contributed by atoms with Gasteiger partial charge in [-0.1, -0.05) is 12.7 Å². The minimum atomic E-state index is -1.01. The van der Waals surface area contributed by atoms with Crippen molar-refractivity contribution in [3.05, 3.63) is 25.3 Å². The molecular weight excluding hydrogens is 156 g/mol. The number of carbonyl (C=O) groups excluding carboxylic acids is 1. The first-order chi connectivity index (χ1) is 5.56. The predicted octanol–water partition coefficient (Wildman–Crippen LogP) is 1.06. The summed E-state index contributed by atoms with van der Waals surface area (Å²) >= 11 is 0. The lowest BCUT2D eigenvalue weighted by Gasteiger charge is -2.06. The summed E-state index contributed by atoms with van der Waals surface area (Å²) in [6.45, 7) is 8.87. The summed E-state index contributed by atoms with van der Waals surface area (Å²) in [5.74, 6) is -0.431. The van der Waals surface area contributed by atoms with Crippen LogP contribution in [0.4, 0.5) is 0 Å². The van der Waals surface area contributed by atoms with E-state index in [0.717, 1.165) is 0 Å². The van der Waals surface area contributed by atoms with E-state index in [9.17, 15) is 4.79 Å². The summed E-state index contributed by atoms with van der Waals surface area (Å²) in [4.78, 5) is 11.2. The Labute approximate surface area is 71.7 Å². The smallest absolute Gasteiger partial charge is 0.345 e. The molecule has 0 N–H and O–H groups in total. The average Bonchev–Trinajstić information content (AvgIpc) is 2.73. The quantitative estimate of drug-likeness (QED) is 0.359. The van der Waals surface area contributed by atoms with Crippen molar-refractivity contribution in [3.63, 3.8) is 0 Å². The molecule has 66 valence electrons. The Morgan fingerprint density at radius 3 is 2.33 bits per heavy atom. The summed E-state index contributed by atoms with van der Waals surface area (Å²) in [6, 6.07) is 0. The lowest BCUT2D eigenvalue weighted by molar-refractivity contribution is -0.145. The maximum absolute atomic E-state index is 11.2. The highest BCUT2D eigenvalue weighted by molar-refractivity contribution is 5.88. The van der Waals surface area contributed by atoms with Gasteiger partial charge in [-0.15, -0.1) is 6.58 Å². The molecule has 0 aromatic carbocycles. The molecule has 0 bridgehead atoms. The van der Waals surface area contributed by atoms with Crippen LogP contribution in [-0.2, 0) is 14.3 Å². The first kappa shape index (κ1) is 9.00. The molecule has 12 heavy (non-hydrogen) atoms. The van der Waals surface area contributed by atoms with Gasteiger partial charge >= 0.3 is 5.97 Å². The highest BCUT2D eigenvalue weighted by Gasteiger charge is 2.69. The first-order valence-electron chi connectivity index (χ1n) is 3.62. The summed E-state index contributed by atoms with van der Waals surface area (Å²) in [5, 5.41) is 0. The van der Waals surface area contributed by atoms with E-state index < -0.39 is 17.2 Å². The van der Waals surface area contributed by atoms with Gasteiger partial charge in [0.25, 0.3) is 0 Å². The molecule has 0 unspecified atom stereocenters. The van der Waals surface area contributed by atoms with Gasteiger partial charge in [-0.3, -0.25) is 0 Å². The largest absolute Gasteiger partial charge is 0.467 e. The van der Waals surface area contributed by atoms with Crippen molar-refractivity contribution in [2.24, 2.45) is 0 Å². The van der Waals surface area contributed by atoms with Crippen LogP contribution in [0.15, 0.2) is 25.3 Å². The lowest BCUT2D eigenvalue weighted by Crippen LogP contribution is -2.30. The number of hydrogen-bond donors (Lipinski definition) is 0. The van der Waals surface area contributed by atoms with Gasteiger partial charge in [0.15, 0.2) is 0 Å². The SMILES string of the molecule is C=C[C@@]1(C(=O)OC)O[C@@]1(C)C=C. The molecule has 0 saturated carbocycles. The maximum atomic E-state index is 11.2. The zero-order chi connectivity index (χ0) is 9.41. The van der Waals surface area contributed by atoms with E-state index in [-0.39, 0.29) is 0 Å². The van der Waals surface area contributed by atoms with Crippen LogP contribution >= 0.6 is 0 Å². The van der Waals surface area contributed by atoms with Gasteiger partial charge < -0.3 is 9.47 Å². The minimum absolute atomic E-state index is 0.431. The number of esters is 1. The summed E-state index contributed by atoms with van der Waals surface area (Å²) in [7, 11) is 1.32. The molecule has 0 spiro atoms. The van der Waals surface area contributed by atoms with Crippen molar-refractivity contribution >= 4 is 5.97 Å². The van der Waals surface area contributed by atoms with E-state index >= 15 is 0 Å². The molecule has 1 rings (SSSR count). The van der Waals surface area contributed by atoms with E-state index in [4.69, 9.17) is 4.74 Å². The Morgan fingerprint density at radius 2 is 2.08 bits per heavy atom. The zero-order valence-corrected chi connectivity index (χ0v) is 7.29. The van der Waals surface area contributed by atoms with E-state index in [0.29, 0.717) is 0 Å². The first-order valence-corrected chi connectivity index (χ1v) is 3.62. The van der Waals surface area contributed by atoms with Crippen molar-refractivity contribution in [2.45, 2.75) is 18.1 Å². The molecule has 2 atom stereocenters. The summed E-state index contributed by atoms with van der Waals surface area (Å²) in [5.41, 5.74) is -1.66.